The zero-order valence-electron chi connectivity index (χ0n) is 11.1. The highest BCUT2D eigenvalue weighted by Gasteiger charge is 2.27. The van der Waals surface area contributed by atoms with Crippen molar-refractivity contribution < 1.29 is 4.74 Å². The van der Waals surface area contributed by atoms with Crippen LogP contribution >= 0.6 is 11.6 Å². The highest BCUT2D eigenvalue weighted by atomic mass is 35.5. The van der Waals surface area contributed by atoms with Gasteiger partial charge in [-0.3, -0.25) is 0 Å². The lowest BCUT2D eigenvalue weighted by atomic mass is 9.87. The Kier molecular flexibility index (Phi) is 4.42. The van der Waals surface area contributed by atoms with E-state index in [1.165, 1.54) is 0 Å². The van der Waals surface area contributed by atoms with Gasteiger partial charge < -0.3 is 15.8 Å². The molecule has 1 unspecified atom stereocenters. The Morgan fingerprint density at radius 2 is 2.00 bits per heavy atom. The predicted molar refractivity (Wildman–Crippen MR) is 72.8 cm³/mol. The highest BCUT2D eigenvalue weighted by molar-refractivity contribution is 6.32. The van der Waals surface area contributed by atoms with Gasteiger partial charge >= 0.3 is 0 Å². The van der Waals surface area contributed by atoms with E-state index < -0.39 is 0 Å². The summed E-state index contributed by atoms with van der Waals surface area (Å²) >= 11 is 6.14. The quantitative estimate of drug-likeness (QED) is 0.871. The van der Waals surface area contributed by atoms with Gasteiger partial charge in [0.2, 0.25) is 0 Å². The van der Waals surface area contributed by atoms with Gasteiger partial charge in [-0.15, -0.1) is 0 Å². The van der Waals surface area contributed by atoms with Gasteiger partial charge in [-0.25, -0.2) is 0 Å². The number of methoxy groups -OCH3 is 1. The van der Waals surface area contributed by atoms with Crippen molar-refractivity contribution in [2.24, 2.45) is 5.73 Å². The average Bonchev–Trinajstić information content (AvgIpc) is 2.30. The summed E-state index contributed by atoms with van der Waals surface area (Å²) in [5, 5.41) is 3.81. The maximum atomic E-state index is 6.28. The molecule has 0 aliphatic rings. The second kappa shape index (κ2) is 5.25. The first-order valence-electron chi connectivity index (χ1n) is 5.62. The van der Waals surface area contributed by atoms with Gasteiger partial charge in [0.25, 0.3) is 0 Å². The monoisotopic (exact) mass is 256 g/mol. The molecule has 1 aromatic carbocycles. The van der Waals surface area contributed by atoms with Gasteiger partial charge in [0.1, 0.15) is 5.75 Å². The molecule has 0 saturated carbocycles. The molecular formula is C13H21ClN2O. The van der Waals surface area contributed by atoms with Crippen molar-refractivity contribution in [3.63, 3.8) is 0 Å². The summed E-state index contributed by atoms with van der Waals surface area (Å²) < 4.78 is 5.18. The second-order valence-corrected chi connectivity index (χ2v) is 5.20. The molecular weight excluding hydrogens is 236 g/mol. The topological polar surface area (TPSA) is 47.3 Å². The lowest BCUT2D eigenvalue weighted by Crippen LogP contribution is -2.46. The van der Waals surface area contributed by atoms with E-state index in [-0.39, 0.29) is 11.6 Å². The molecule has 0 heterocycles. The predicted octanol–water partition coefficient (Wildman–Crippen LogP) is 2.65. The van der Waals surface area contributed by atoms with Crippen LogP contribution in [-0.4, -0.2) is 19.7 Å². The molecule has 3 N–H and O–H groups in total. The second-order valence-electron chi connectivity index (χ2n) is 4.79. The van der Waals surface area contributed by atoms with Crippen molar-refractivity contribution in [2.75, 3.05) is 14.2 Å². The minimum absolute atomic E-state index is 0.129. The van der Waals surface area contributed by atoms with Crippen LogP contribution in [0.15, 0.2) is 12.1 Å². The average molecular weight is 257 g/mol. The van der Waals surface area contributed by atoms with Crippen LogP contribution in [-0.2, 0) is 0 Å². The zero-order chi connectivity index (χ0) is 13.2. The Bertz CT molecular complexity index is 405. The Hall–Kier alpha value is -0.770. The molecule has 0 spiro atoms. The summed E-state index contributed by atoms with van der Waals surface area (Å²) in [6, 6.07) is 3.68. The van der Waals surface area contributed by atoms with Gasteiger partial charge in [-0.2, -0.15) is 0 Å². The lowest BCUT2D eigenvalue weighted by molar-refractivity contribution is 0.347. The van der Waals surface area contributed by atoms with E-state index in [0.717, 1.165) is 11.1 Å². The van der Waals surface area contributed by atoms with Crippen molar-refractivity contribution in [1.82, 2.24) is 5.32 Å². The third-order valence-electron chi connectivity index (χ3n) is 3.30. The Balaban J connectivity index is 3.19. The van der Waals surface area contributed by atoms with E-state index in [2.05, 4.69) is 19.2 Å². The Morgan fingerprint density at radius 1 is 1.41 bits per heavy atom. The minimum Gasteiger partial charge on any atom is -0.495 e. The van der Waals surface area contributed by atoms with Crippen molar-refractivity contribution in [1.29, 1.82) is 0 Å². The molecule has 4 heteroatoms. The summed E-state index contributed by atoms with van der Waals surface area (Å²) in [5.74, 6) is 0.683. The van der Waals surface area contributed by atoms with E-state index in [1.807, 2.05) is 26.1 Å². The summed E-state index contributed by atoms with van der Waals surface area (Å²) in [5.41, 5.74) is 8.21. The first-order valence-corrected chi connectivity index (χ1v) is 5.99. The minimum atomic E-state index is -0.192. The molecule has 0 aliphatic carbocycles. The van der Waals surface area contributed by atoms with Crippen LogP contribution in [0, 0.1) is 6.92 Å². The Morgan fingerprint density at radius 3 is 2.47 bits per heavy atom. The fourth-order valence-electron chi connectivity index (χ4n) is 1.71. The van der Waals surface area contributed by atoms with E-state index in [9.17, 15) is 0 Å². The first-order chi connectivity index (χ1) is 7.83. The fraction of sp³-hybridized carbons (Fsp3) is 0.538. The van der Waals surface area contributed by atoms with Crippen LogP contribution < -0.4 is 15.8 Å². The molecule has 96 valence electrons. The molecule has 0 aromatic heterocycles. The number of aryl methyl sites for hydroxylation is 1. The molecule has 3 nitrogen and oxygen atoms in total. The number of halogens is 1. The summed E-state index contributed by atoms with van der Waals surface area (Å²) in [6.07, 6.45) is 0. The standard InChI is InChI=1S/C13H21ClN2O/c1-8-6-11(17-5)10(14)7-9(8)12(15)13(2,3)16-4/h6-7,12,16H,15H2,1-5H3. The third kappa shape index (κ3) is 2.92. The van der Waals surface area contributed by atoms with E-state index in [0.29, 0.717) is 10.8 Å². The molecule has 0 saturated heterocycles. The van der Waals surface area contributed by atoms with Crippen LogP contribution in [0.3, 0.4) is 0 Å². The van der Waals surface area contributed by atoms with Gasteiger partial charge in [-0.1, -0.05) is 11.6 Å². The third-order valence-corrected chi connectivity index (χ3v) is 3.59. The smallest absolute Gasteiger partial charge is 0.137 e. The first kappa shape index (κ1) is 14.3. The van der Waals surface area contributed by atoms with Gasteiger partial charge in [0.15, 0.2) is 0 Å². The molecule has 0 radical (unpaired) electrons. The molecule has 0 fully saturated rings. The van der Waals surface area contributed by atoms with Crippen molar-refractivity contribution in [3.8, 4) is 5.75 Å². The number of ether oxygens (including phenoxy) is 1. The molecule has 0 aliphatic heterocycles. The number of nitrogens with two attached hydrogens (primary N) is 1. The van der Waals surface area contributed by atoms with Crippen LogP contribution in [0.2, 0.25) is 5.02 Å². The van der Waals surface area contributed by atoms with E-state index >= 15 is 0 Å². The lowest BCUT2D eigenvalue weighted by Gasteiger charge is -2.32. The highest BCUT2D eigenvalue weighted by Crippen LogP contribution is 2.33. The van der Waals surface area contributed by atoms with Crippen molar-refractivity contribution in [3.05, 3.63) is 28.3 Å². The van der Waals surface area contributed by atoms with E-state index in [4.69, 9.17) is 22.1 Å². The molecule has 1 aromatic rings. The summed E-state index contributed by atoms with van der Waals surface area (Å²) in [7, 11) is 3.51. The van der Waals surface area contributed by atoms with Gasteiger partial charge in [0, 0.05) is 11.6 Å². The number of nitrogens with one attached hydrogen (secondary N) is 1. The fourth-order valence-corrected chi connectivity index (χ4v) is 1.96. The zero-order valence-corrected chi connectivity index (χ0v) is 11.9. The SMILES string of the molecule is CNC(C)(C)C(N)c1cc(Cl)c(OC)cc1C. The number of likely N-dealkylation sites (N-methyl/N-ethyl adjacent to an activating group) is 1. The largest absolute Gasteiger partial charge is 0.495 e. The Labute approximate surface area is 108 Å². The van der Waals surface area contributed by atoms with Crippen molar-refractivity contribution >= 4 is 11.6 Å². The summed E-state index contributed by atoms with van der Waals surface area (Å²) in [4.78, 5) is 0. The number of hydrogen-bond acceptors (Lipinski definition) is 3. The van der Waals surface area contributed by atoms with Crippen LogP contribution in [0.25, 0.3) is 0 Å². The van der Waals surface area contributed by atoms with Crippen LogP contribution in [0.5, 0.6) is 5.75 Å². The van der Waals surface area contributed by atoms with Gasteiger partial charge in [-0.05, 0) is 51.1 Å². The van der Waals surface area contributed by atoms with Crippen molar-refractivity contribution in [2.45, 2.75) is 32.4 Å². The van der Waals surface area contributed by atoms with Gasteiger partial charge in [0.05, 0.1) is 12.1 Å². The summed E-state index contributed by atoms with van der Waals surface area (Å²) in [6.45, 7) is 6.14. The number of rotatable bonds is 4. The molecule has 17 heavy (non-hydrogen) atoms. The van der Waals surface area contributed by atoms with Crippen LogP contribution in [0.4, 0.5) is 0 Å². The molecule has 0 amide bonds. The molecule has 0 bridgehead atoms. The number of hydrogen-bond donors (Lipinski definition) is 2. The van der Waals surface area contributed by atoms with Crippen LogP contribution in [0.1, 0.15) is 31.0 Å². The maximum absolute atomic E-state index is 6.28. The maximum Gasteiger partial charge on any atom is 0.137 e. The normalized spacial score (nSPS) is 13.6. The molecule has 1 rings (SSSR count). The molecule has 1 atom stereocenters. The van der Waals surface area contributed by atoms with E-state index in [1.54, 1.807) is 7.11 Å². The number of benzene rings is 1.